The molecule has 0 aromatic heterocycles. The van der Waals surface area contributed by atoms with Crippen molar-refractivity contribution in [3.8, 4) is 0 Å². The number of morpholine rings is 1. The number of methoxy groups -OCH3 is 1. The van der Waals surface area contributed by atoms with Crippen molar-refractivity contribution in [2.45, 2.75) is 43.1 Å². The zero-order valence-electron chi connectivity index (χ0n) is 20.3. The van der Waals surface area contributed by atoms with Crippen molar-refractivity contribution in [3.63, 3.8) is 0 Å². The van der Waals surface area contributed by atoms with Crippen LogP contribution in [-0.4, -0.2) is 80.3 Å². The van der Waals surface area contributed by atoms with Gasteiger partial charge in [-0.15, -0.1) is 11.8 Å². The van der Waals surface area contributed by atoms with Gasteiger partial charge >= 0.3 is 5.97 Å². The Bertz CT molecular complexity index is 822. The van der Waals surface area contributed by atoms with E-state index in [0.717, 1.165) is 31.5 Å². The molecule has 1 aliphatic carbocycles. The number of carbonyl (C=O) groups is 2. The number of hydrogen-bond acceptors (Lipinski definition) is 7. The largest absolute Gasteiger partial charge is 0.468 e. The number of benzene rings is 1. The number of Topliss-reactive ketones (excluding diaryl/α,β-unsaturated/α-hetero) is 1. The number of esters is 1. The summed E-state index contributed by atoms with van der Waals surface area (Å²) in [4.78, 5) is 27.1. The molecule has 1 aromatic carbocycles. The standard InChI is InChI=1S/C27H37NO5S/c1-31-27(30)25(34-2)14-8-4-7-13-22-24(33-17-9-12-21-10-5-3-6-11-21)20-23(29)26(22)28-15-18-32-19-16-28/h3-6,8-12,22,24-26H,7,13-20H2,1-2H3/t22-,24-,25?,26+/m0/s1. The van der Waals surface area contributed by atoms with Gasteiger partial charge in [-0.2, -0.15) is 0 Å². The van der Waals surface area contributed by atoms with Gasteiger partial charge in [0.1, 0.15) is 5.25 Å². The van der Waals surface area contributed by atoms with Gasteiger partial charge in [0, 0.05) is 25.4 Å². The molecule has 2 aliphatic rings. The van der Waals surface area contributed by atoms with Crippen molar-refractivity contribution in [2.24, 2.45) is 5.92 Å². The Balaban J connectivity index is 1.58. The van der Waals surface area contributed by atoms with Gasteiger partial charge in [-0.1, -0.05) is 54.6 Å². The van der Waals surface area contributed by atoms with Crippen molar-refractivity contribution < 1.29 is 23.8 Å². The molecule has 1 unspecified atom stereocenters. The summed E-state index contributed by atoms with van der Waals surface area (Å²) in [5.74, 6) is 0.237. The van der Waals surface area contributed by atoms with Gasteiger partial charge in [-0.25, -0.2) is 0 Å². The minimum absolute atomic E-state index is 0.0804. The molecule has 0 N–H and O–H groups in total. The lowest BCUT2D eigenvalue weighted by molar-refractivity contribution is -0.139. The molecule has 1 aromatic rings. The lowest BCUT2D eigenvalue weighted by Gasteiger charge is -2.35. The van der Waals surface area contributed by atoms with Crippen LogP contribution in [0.3, 0.4) is 0 Å². The van der Waals surface area contributed by atoms with Gasteiger partial charge in [0.25, 0.3) is 0 Å². The van der Waals surface area contributed by atoms with Crippen LogP contribution < -0.4 is 0 Å². The van der Waals surface area contributed by atoms with Crippen molar-refractivity contribution in [2.75, 3.05) is 46.3 Å². The molecule has 186 valence electrons. The maximum absolute atomic E-state index is 13.0. The number of allylic oxidation sites excluding steroid dienone is 2. The molecule has 4 atom stereocenters. The SMILES string of the molecule is COC(=O)C(CC=CCC[C@H]1[C@@H](OCC=Cc2ccccc2)CC(=O)[C@@H]1N1CCOCC1)SC. The van der Waals surface area contributed by atoms with Crippen LogP contribution >= 0.6 is 11.8 Å². The Hall–Kier alpha value is -1.93. The van der Waals surface area contributed by atoms with Gasteiger partial charge in [-0.05, 0) is 31.1 Å². The molecule has 1 saturated heterocycles. The second-order valence-electron chi connectivity index (χ2n) is 8.64. The summed E-state index contributed by atoms with van der Waals surface area (Å²) >= 11 is 1.50. The number of hydrogen-bond donors (Lipinski definition) is 0. The van der Waals surface area contributed by atoms with E-state index in [4.69, 9.17) is 14.2 Å². The van der Waals surface area contributed by atoms with Crippen molar-refractivity contribution in [1.82, 2.24) is 4.90 Å². The molecule has 0 amide bonds. The van der Waals surface area contributed by atoms with Crippen LogP contribution in [0.4, 0.5) is 0 Å². The lowest BCUT2D eigenvalue weighted by atomic mass is 9.93. The summed E-state index contributed by atoms with van der Waals surface area (Å²) in [6.07, 6.45) is 12.9. The molecule has 6 nitrogen and oxygen atoms in total. The maximum atomic E-state index is 13.0. The molecule has 1 heterocycles. The fourth-order valence-corrected chi connectivity index (χ4v) is 5.34. The minimum atomic E-state index is -0.192. The number of ether oxygens (including phenoxy) is 3. The smallest absolute Gasteiger partial charge is 0.319 e. The van der Waals surface area contributed by atoms with E-state index in [2.05, 4.69) is 35.3 Å². The summed E-state index contributed by atoms with van der Waals surface area (Å²) in [5, 5.41) is -0.178. The Morgan fingerprint density at radius 1 is 1.21 bits per heavy atom. The van der Waals surface area contributed by atoms with Crippen LogP contribution in [0.2, 0.25) is 0 Å². The zero-order chi connectivity index (χ0) is 24.2. The van der Waals surface area contributed by atoms with E-state index in [9.17, 15) is 9.59 Å². The first-order chi connectivity index (χ1) is 16.6. The molecular formula is C27H37NO5S. The Labute approximate surface area is 207 Å². The molecule has 1 aliphatic heterocycles. The highest BCUT2D eigenvalue weighted by atomic mass is 32.2. The molecule has 2 fully saturated rings. The predicted octanol–water partition coefficient (Wildman–Crippen LogP) is 4.01. The number of thioether (sulfide) groups is 1. The zero-order valence-corrected chi connectivity index (χ0v) is 21.1. The Morgan fingerprint density at radius 3 is 2.68 bits per heavy atom. The van der Waals surface area contributed by atoms with Gasteiger partial charge < -0.3 is 14.2 Å². The van der Waals surface area contributed by atoms with E-state index in [0.29, 0.717) is 32.7 Å². The number of rotatable bonds is 12. The highest BCUT2D eigenvalue weighted by Gasteiger charge is 2.45. The third-order valence-electron chi connectivity index (χ3n) is 6.50. The second kappa shape index (κ2) is 14.5. The van der Waals surface area contributed by atoms with Crippen molar-refractivity contribution >= 4 is 29.6 Å². The van der Waals surface area contributed by atoms with Crippen molar-refractivity contribution in [1.29, 1.82) is 0 Å². The summed E-state index contributed by atoms with van der Waals surface area (Å²) in [6.45, 7) is 3.41. The highest BCUT2D eigenvalue weighted by Crippen LogP contribution is 2.34. The van der Waals surface area contributed by atoms with E-state index >= 15 is 0 Å². The van der Waals surface area contributed by atoms with Gasteiger partial charge in [0.2, 0.25) is 0 Å². The first-order valence-electron chi connectivity index (χ1n) is 12.1. The number of nitrogens with zero attached hydrogens (tertiary/aromatic N) is 1. The van der Waals surface area contributed by atoms with E-state index < -0.39 is 0 Å². The molecule has 7 heteroatoms. The molecular weight excluding hydrogens is 450 g/mol. The van der Waals surface area contributed by atoms with Crippen LogP contribution in [0.25, 0.3) is 6.08 Å². The summed E-state index contributed by atoms with van der Waals surface area (Å²) in [6, 6.07) is 10.0. The van der Waals surface area contributed by atoms with Crippen molar-refractivity contribution in [3.05, 3.63) is 54.1 Å². The van der Waals surface area contributed by atoms with Crippen LogP contribution in [0.5, 0.6) is 0 Å². The third kappa shape index (κ3) is 7.80. The minimum Gasteiger partial charge on any atom is -0.468 e. The first kappa shape index (κ1) is 26.7. The first-order valence-corrected chi connectivity index (χ1v) is 13.4. The van der Waals surface area contributed by atoms with E-state index in [1.807, 2.05) is 30.5 Å². The van der Waals surface area contributed by atoms with Crippen LogP contribution in [0.15, 0.2) is 48.6 Å². The monoisotopic (exact) mass is 487 g/mol. The fourth-order valence-electron chi connectivity index (χ4n) is 4.74. The van der Waals surface area contributed by atoms with Gasteiger partial charge in [-0.3, -0.25) is 14.5 Å². The number of carbonyl (C=O) groups excluding carboxylic acids is 2. The second-order valence-corrected chi connectivity index (χ2v) is 9.68. The van der Waals surface area contributed by atoms with Gasteiger partial charge in [0.15, 0.2) is 5.78 Å². The molecule has 1 saturated carbocycles. The summed E-state index contributed by atoms with van der Waals surface area (Å²) < 4.78 is 16.6. The average molecular weight is 488 g/mol. The molecule has 3 rings (SSSR count). The maximum Gasteiger partial charge on any atom is 0.319 e. The fraction of sp³-hybridized carbons (Fsp3) is 0.556. The molecule has 34 heavy (non-hydrogen) atoms. The van der Waals surface area contributed by atoms with E-state index in [1.54, 1.807) is 0 Å². The lowest BCUT2D eigenvalue weighted by Crippen LogP contribution is -2.49. The normalized spacial score (nSPS) is 24.8. The quantitative estimate of drug-likeness (QED) is 0.326. The summed E-state index contributed by atoms with van der Waals surface area (Å²) in [7, 11) is 1.42. The van der Waals surface area contributed by atoms with Crippen LogP contribution in [0.1, 0.15) is 31.2 Å². The number of ketones is 1. The van der Waals surface area contributed by atoms with E-state index in [-0.39, 0.29) is 35.1 Å². The average Bonchev–Trinajstić information content (AvgIpc) is 3.19. The van der Waals surface area contributed by atoms with Gasteiger partial charge in [0.05, 0.1) is 39.1 Å². The Morgan fingerprint density at radius 2 is 1.97 bits per heavy atom. The van der Waals surface area contributed by atoms with Crippen LogP contribution in [0, 0.1) is 5.92 Å². The molecule has 0 radical (unpaired) electrons. The Kier molecular flexibility index (Phi) is 11.3. The van der Waals surface area contributed by atoms with Crippen LogP contribution in [-0.2, 0) is 23.8 Å². The highest BCUT2D eigenvalue weighted by molar-refractivity contribution is 7.99. The predicted molar refractivity (Wildman–Crippen MR) is 137 cm³/mol. The topological polar surface area (TPSA) is 65.1 Å². The molecule has 0 spiro atoms. The molecule has 0 bridgehead atoms. The van der Waals surface area contributed by atoms with E-state index in [1.165, 1.54) is 18.9 Å². The third-order valence-corrected chi connectivity index (χ3v) is 7.46. The summed E-state index contributed by atoms with van der Waals surface area (Å²) in [5.41, 5.74) is 1.14.